The Morgan fingerprint density at radius 2 is 2.42 bits per heavy atom. The highest BCUT2D eigenvalue weighted by molar-refractivity contribution is 7.16. The third kappa shape index (κ3) is 4.15. The second-order valence-corrected chi connectivity index (χ2v) is 5.20. The summed E-state index contributed by atoms with van der Waals surface area (Å²) < 4.78 is 5.26. The number of aliphatic carboxylic acids is 1. The molecule has 1 fully saturated rings. The van der Waals surface area contributed by atoms with E-state index in [4.69, 9.17) is 9.84 Å². The van der Waals surface area contributed by atoms with Crippen molar-refractivity contribution in [2.24, 2.45) is 5.92 Å². The van der Waals surface area contributed by atoms with E-state index in [2.05, 4.69) is 10.3 Å². The van der Waals surface area contributed by atoms with Gasteiger partial charge in [0.1, 0.15) is 0 Å². The molecule has 2 heterocycles. The quantitative estimate of drug-likeness (QED) is 0.819. The van der Waals surface area contributed by atoms with Gasteiger partial charge in [0.25, 0.3) is 0 Å². The minimum absolute atomic E-state index is 0.0946. The molecule has 6 nitrogen and oxygen atoms in total. The Morgan fingerprint density at radius 3 is 3.11 bits per heavy atom. The summed E-state index contributed by atoms with van der Waals surface area (Å²) in [5, 5.41) is 11.7. The Bertz CT molecular complexity index is 492. The van der Waals surface area contributed by atoms with Gasteiger partial charge in [0, 0.05) is 23.8 Å². The number of aromatic nitrogens is 1. The summed E-state index contributed by atoms with van der Waals surface area (Å²) in [6, 6.07) is 0. The van der Waals surface area contributed by atoms with Gasteiger partial charge in [0.05, 0.1) is 12.5 Å². The van der Waals surface area contributed by atoms with Crippen LogP contribution in [-0.2, 0) is 14.3 Å². The van der Waals surface area contributed by atoms with Gasteiger partial charge in [-0.15, -0.1) is 0 Å². The first-order valence-electron chi connectivity index (χ1n) is 5.90. The Kier molecular flexibility index (Phi) is 4.64. The van der Waals surface area contributed by atoms with Crippen molar-refractivity contribution >= 4 is 34.4 Å². The summed E-state index contributed by atoms with van der Waals surface area (Å²) in [5.41, 5.74) is 0. The first kappa shape index (κ1) is 13.7. The zero-order valence-corrected chi connectivity index (χ0v) is 11.0. The van der Waals surface area contributed by atoms with Gasteiger partial charge in [-0.25, -0.2) is 9.78 Å². The molecule has 1 aromatic rings. The Hall–Kier alpha value is -1.73. The number of rotatable bonds is 4. The van der Waals surface area contributed by atoms with Crippen LogP contribution in [0.4, 0.5) is 5.13 Å². The fourth-order valence-corrected chi connectivity index (χ4v) is 2.45. The third-order valence-electron chi connectivity index (χ3n) is 2.67. The van der Waals surface area contributed by atoms with Crippen LogP contribution in [-0.4, -0.2) is 35.2 Å². The molecule has 2 rings (SSSR count). The van der Waals surface area contributed by atoms with Gasteiger partial charge in [-0.05, 0) is 18.9 Å². The molecule has 0 aliphatic carbocycles. The van der Waals surface area contributed by atoms with Crippen LogP contribution in [0.25, 0.3) is 6.08 Å². The summed E-state index contributed by atoms with van der Waals surface area (Å²) in [6.45, 7) is 1.16. The predicted octanol–water partition coefficient (Wildman–Crippen LogP) is 1.61. The molecule has 0 spiro atoms. The number of carboxylic acid groups (broad SMARTS) is 1. The molecule has 1 aliphatic rings. The van der Waals surface area contributed by atoms with E-state index in [9.17, 15) is 9.59 Å². The number of hydrogen-bond donors (Lipinski definition) is 2. The lowest BCUT2D eigenvalue weighted by Gasteiger charge is -2.20. The molecule has 2 N–H and O–H groups in total. The van der Waals surface area contributed by atoms with Crippen molar-refractivity contribution in [3.05, 3.63) is 17.2 Å². The Balaban J connectivity index is 1.92. The first-order chi connectivity index (χ1) is 9.15. The smallest absolute Gasteiger partial charge is 0.328 e. The van der Waals surface area contributed by atoms with E-state index in [1.54, 1.807) is 0 Å². The van der Waals surface area contributed by atoms with E-state index >= 15 is 0 Å². The van der Waals surface area contributed by atoms with E-state index in [0.717, 1.165) is 18.9 Å². The predicted molar refractivity (Wildman–Crippen MR) is 71.0 cm³/mol. The van der Waals surface area contributed by atoms with Gasteiger partial charge in [-0.3, -0.25) is 4.79 Å². The van der Waals surface area contributed by atoms with Gasteiger partial charge < -0.3 is 15.2 Å². The molecule has 7 heteroatoms. The molecule has 1 saturated heterocycles. The molecule has 102 valence electrons. The summed E-state index contributed by atoms with van der Waals surface area (Å²) in [5.74, 6) is -1.24. The average molecular weight is 282 g/mol. The third-order valence-corrected chi connectivity index (χ3v) is 3.55. The van der Waals surface area contributed by atoms with Crippen LogP contribution in [0.5, 0.6) is 0 Å². The standard InChI is InChI=1S/C12H14N2O4S/c15-10(16)4-3-9-6-13-12(19-9)14-11(17)8-2-1-5-18-7-8/h3-4,6,8H,1-2,5,7H2,(H,15,16)(H,13,14,17). The van der Waals surface area contributed by atoms with Crippen molar-refractivity contribution in [3.8, 4) is 0 Å². The van der Waals surface area contributed by atoms with Gasteiger partial charge in [0.2, 0.25) is 5.91 Å². The highest BCUT2D eigenvalue weighted by Crippen LogP contribution is 2.21. The van der Waals surface area contributed by atoms with Gasteiger partial charge in [0.15, 0.2) is 5.13 Å². The van der Waals surface area contributed by atoms with Gasteiger partial charge in [-0.2, -0.15) is 0 Å². The van der Waals surface area contributed by atoms with Crippen molar-refractivity contribution in [1.29, 1.82) is 0 Å². The molecule has 1 amide bonds. The van der Waals surface area contributed by atoms with Crippen molar-refractivity contribution in [3.63, 3.8) is 0 Å². The van der Waals surface area contributed by atoms with Crippen LogP contribution in [0.15, 0.2) is 12.3 Å². The molecule has 1 unspecified atom stereocenters. The van der Waals surface area contributed by atoms with Gasteiger partial charge >= 0.3 is 5.97 Å². The number of anilines is 1. The van der Waals surface area contributed by atoms with E-state index < -0.39 is 5.97 Å². The SMILES string of the molecule is O=C(O)C=Cc1cnc(NC(=O)C2CCCOC2)s1. The second-order valence-electron chi connectivity index (χ2n) is 4.14. The molecule has 0 radical (unpaired) electrons. The van der Waals surface area contributed by atoms with Crippen LogP contribution >= 0.6 is 11.3 Å². The number of thiazole rings is 1. The maximum absolute atomic E-state index is 11.9. The number of amides is 1. The molecule has 1 aliphatic heterocycles. The average Bonchev–Trinajstić information content (AvgIpc) is 2.85. The summed E-state index contributed by atoms with van der Waals surface area (Å²) in [7, 11) is 0. The number of nitrogens with zero attached hydrogens (tertiary/aromatic N) is 1. The fourth-order valence-electron chi connectivity index (χ4n) is 1.73. The number of carbonyl (C=O) groups is 2. The summed E-state index contributed by atoms with van der Waals surface area (Å²) >= 11 is 1.23. The second kappa shape index (κ2) is 6.44. The zero-order valence-electron chi connectivity index (χ0n) is 10.2. The zero-order chi connectivity index (χ0) is 13.7. The lowest BCUT2D eigenvalue weighted by Crippen LogP contribution is -2.30. The fraction of sp³-hybridized carbons (Fsp3) is 0.417. The highest BCUT2D eigenvalue weighted by Gasteiger charge is 2.22. The van der Waals surface area contributed by atoms with E-state index in [1.807, 2.05) is 0 Å². The lowest BCUT2D eigenvalue weighted by atomic mass is 10.0. The molecule has 19 heavy (non-hydrogen) atoms. The lowest BCUT2D eigenvalue weighted by molar-refractivity contribution is -0.131. The number of hydrogen-bond acceptors (Lipinski definition) is 5. The molecular weight excluding hydrogens is 268 g/mol. The molecule has 0 aromatic carbocycles. The van der Waals surface area contributed by atoms with E-state index in [-0.39, 0.29) is 11.8 Å². The van der Waals surface area contributed by atoms with Gasteiger partial charge in [-0.1, -0.05) is 11.3 Å². The topological polar surface area (TPSA) is 88.5 Å². The summed E-state index contributed by atoms with van der Waals surface area (Å²) in [4.78, 5) is 27.0. The monoisotopic (exact) mass is 282 g/mol. The minimum Gasteiger partial charge on any atom is -0.478 e. The molecule has 1 atom stereocenters. The van der Waals surface area contributed by atoms with E-state index in [1.165, 1.54) is 23.6 Å². The maximum Gasteiger partial charge on any atom is 0.328 e. The number of ether oxygens (including phenoxy) is 1. The van der Waals surface area contributed by atoms with Crippen molar-refractivity contribution in [1.82, 2.24) is 4.98 Å². The van der Waals surface area contributed by atoms with Crippen LogP contribution in [0, 0.1) is 5.92 Å². The van der Waals surface area contributed by atoms with Crippen molar-refractivity contribution in [2.45, 2.75) is 12.8 Å². The molecular formula is C12H14N2O4S. The molecule has 0 bridgehead atoms. The minimum atomic E-state index is -1.02. The maximum atomic E-state index is 11.9. The van der Waals surface area contributed by atoms with Crippen molar-refractivity contribution in [2.75, 3.05) is 18.5 Å². The largest absolute Gasteiger partial charge is 0.478 e. The van der Waals surface area contributed by atoms with Crippen LogP contribution in [0.3, 0.4) is 0 Å². The Labute approximate surface area is 114 Å². The number of carbonyl (C=O) groups excluding carboxylic acids is 1. The normalized spacial score (nSPS) is 19.5. The number of nitrogens with one attached hydrogen (secondary N) is 1. The highest BCUT2D eigenvalue weighted by atomic mass is 32.1. The number of carboxylic acids is 1. The van der Waals surface area contributed by atoms with E-state index in [0.29, 0.717) is 23.2 Å². The van der Waals surface area contributed by atoms with Crippen LogP contribution in [0.2, 0.25) is 0 Å². The molecule has 1 aromatic heterocycles. The van der Waals surface area contributed by atoms with Crippen molar-refractivity contribution < 1.29 is 19.4 Å². The Morgan fingerprint density at radius 1 is 1.58 bits per heavy atom. The summed E-state index contributed by atoms with van der Waals surface area (Å²) in [6.07, 6.45) is 5.72. The van der Waals surface area contributed by atoms with Crippen LogP contribution < -0.4 is 5.32 Å². The molecule has 0 saturated carbocycles. The van der Waals surface area contributed by atoms with Crippen LogP contribution in [0.1, 0.15) is 17.7 Å². The first-order valence-corrected chi connectivity index (χ1v) is 6.72.